The van der Waals surface area contributed by atoms with Crippen molar-refractivity contribution < 1.29 is 17.9 Å². The summed E-state index contributed by atoms with van der Waals surface area (Å²) in [6.45, 7) is 5.71. The van der Waals surface area contributed by atoms with Gasteiger partial charge in [-0.15, -0.1) is 0 Å². The Morgan fingerprint density at radius 2 is 1.70 bits per heavy atom. The van der Waals surface area contributed by atoms with E-state index in [0.29, 0.717) is 36.9 Å². The Kier molecular flexibility index (Phi) is 7.38. The Balaban J connectivity index is 2.12. The zero-order valence-corrected chi connectivity index (χ0v) is 16.7. The number of benzene rings is 2. The van der Waals surface area contributed by atoms with Gasteiger partial charge in [0.25, 0.3) is 15.9 Å². The molecule has 2 aromatic carbocycles. The molecule has 0 saturated heterocycles. The highest BCUT2D eigenvalue weighted by Crippen LogP contribution is 2.17. The maximum Gasteiger partial charge on any atom is 0.261 e. The van der Waals surface area contributed by atoms with Crippen LogP contribution in [0.4, 0.5) is 5.69 Å². The van der Waals surface area contributed by atoms with Gasteiger partial charge in [0.1, 0.15) is 0 Å². The molecule has 27 heavy (non-hydrogen) atoms. The van der Waals surface area contributed by atoms with Crippen LogP contribution in [-0.4, -0.2) is 46.0 Å². The van der Waals surface area contributed by atoms with Crippen molar-refractivity contribution in [1.82, 2.24) is 4.90 Å². The number of anilines is 1. The maximum absolute atomic E-state index is 12.7. The summed E-state index contributed by atoms with van der Waals surface area (Å²) in [5, 5.41) is 0. The minimum absolute atomic E-state index is 0.0989. The molecule has 7 heteroatoms. The summed E-state index contributed by atoms with van der Waals surface area (Å²) in [6, 6.07) is 14.6. The van der Waals surface area contributed by atoms with Crippen LogP contribution in [0.15, 0.2) is 59.5 Å². The number of rotatable bonds is 9. The van der Waals surface area contributed by atoms with Gasteiger partial charge in [0, 0.05) is 31.5 Å². The minimum atomic E-state index is -3.65. The van der Waals surface area contributed by atoms with Crippen molar-refractivity contribution >= 4 is 21.6 Å². The van der Waals surface area contributed by atoms with Gasteiger partial charge in [-0.05, 0) is 42.3 Å². The van der Waals surface area contributed by atoms with Gasteiger partial charge in [0.2, 0.25) is 0 Å². The lowest BCUT2D eigenvalue weighted by atomic mass is 10.1. The van der Waals surface area contributed by atoms with Crippen LogP contribution >= 0.6 is 0 Å². The zero-order valence-electron chi connectivity index (χ0n) is 15.9. The van der Waals surface area contributed by atoms with Crippen LogP contribution in [0.2, 0.25) is 0 Å². The standard InChI is InChI=1S/C20H26N2O4S/c1-16(2)15-22(13-14-26-3)20(23)17-9-11-18(12-10-17)21-27(24,25)19-7-5-4-6-8-19/h4-12,16,21H,13-15H2,1-3H3. The second-order valence-electron chi connectivity index (χ2n) is 6.63. The van der Waals surface area contributed by atoms with E-state index in [1.165, 1.54) is 12.1 Å². The summed E-state index contributed by atoms with van der Waals surface area (Å²) in [5.74, 6) is 0.237. The quantitative estimate of drug-likeness (QED) is 0.713. The Bertz CT molecular complexity index is 834. The molecule has 0 atom stereocenters. The predicted molar refractivity (Wildman–Crippen MR) is 106 cm³/mol. The lowest BCUT2D eigenvalue weighted by Gasteiger charge is -2.24. The van der Waals surface area contributed by atoms with E-state index in [9.17, 15) is 13.2 Å². The third-order valence-electron chi connectivity index (χ3n) is 3.88. The van der Waals surface area contributed by atoms with Crippen LogP contribution in [0.25, 0.3) is 0 Å². The molecule has 0 unspecified atom stereocenters. The van der Waals surface area contributed by atoms with Crippen LogP contribution in [0.1, 0.15) is 24.2 Å². The Hall–Kier alpha value is -2.38. The molecule has 2 rings (SSSR count). The molecule has 0 aliphatic carbocycles. The Labute approximate surface area is 161 Å². The summed E-state index contributed by atoms with van der Waals surface area (Å²) in [5.41, 5.74) is 0.914. The number of nitrogens with zero attached hydrogens (tertiary/aromatic N) is 1. The number of carbonyl (C=O) groups excluding carboxylic acids is 1. The largest absolute Gasteiger partial charge is 0.383 e. The lowest BCUT2D eigenvalue weighted by molar-refractivity contribution is 0.0672. The van der Waals surface area contributed by atoms with Crippen molar-refractivity contribution in [3.05, 3.63) is 60.2 Å². The van der Waals surface area contributed by atoms with Crippen LogP contribution in [0.3, 0.4) is 0 Å². The number of sulfonamides is 1. The average molecular weight is 391 g/mol. The molecule has 146 valence electrons. The fourth-order valence-electron chi connectivity index (χ4n) is 2.60. The predicted octanol–water partition coefficient (Wildman–Crippen LogP) is 3.23. The average Bonchev–Trinajstić information content (AvgIpc) is 2.65. The zero-order chi connectivity index (χ0) is 19.9. The van der Waals surface area contributed by atoms with Crippen LogP contribution in [-0.2, 0) is 14.8 Å². The van der Waals surface area contributed by atoms with Crippen LogP contribution in [0.5, 0.6) is 0 Å². The van der Waals surface area contributed by atoms with Crippen LogP contribution < -0.4 is 4.72 Å². The van der Waals surface area contributed by atoms with Gasteiger partial charge < -0.3 is 9.64 Å². The molecule has 0 heterocycles. The van der Waals surface area contributed by atoms with E-state index in [1.54, 1.807) is 54.5 Å². The number of carbonyl (C=O) groups is 1. The molecule has 0 saturated carbocycles. The summed E-state index contributed by atoms with van der Waals surface area (Å²) >= 11 is 0. The van der Waals surface area contributed by atoms with E-state index >= 15 is 0 Å². The summed E-state index contributed by atoms with van der Waals surface area (Å²) in [4.78, 5) is 14.7. The third kappa shape index (κ3) is 6.08. The molecule has 6 nitrogen and oxygen atoms in total. The van der Waals surface area contributed by atoms with Crippen molar-refractivity contribution in [1.29, 1.82) is 0 Å². The molecule has 0 spiro atoms. The Morgan fingerprint density at radius 3 is 2.26 bits per heavy atom. The first-order chi connectivity index (χ1) is 12.8. The van der Waals surface area contributed by atoms with E-state index in [4.69, 9.17) is 4.74 Å². The van der Waals surface area contributed by atoms with E-state index in [0.717, 1.165) is 0 Å². The number of amides is 1. The van der Waals surface area contributed by atoms with Gasteiger partial charge in [-0.3, -0.25) is 9.52 Å². The van der Waals surface area contributed by atoms with Crippen molar-refractivity contribution in [2.45, 2.75) is 18.7 Å². The first-order valence-corrected chi connectivity index (χ1v) is 10.3. The van der Waals surface area contributed by atoms with Crippen molar-refractivity contribution in [3.63, 3.8) is 0 Å². The highest BCUT2D eigenvalue weighted by molar-refractivity contribution is 7.92. The van der Waals surface area contributed by atoms with Gasteiger partial charge in [-0.25, -0.2) is 8.42 Å². The fourth-order valence-corrected chi connectivity index (χ4v) is 3.67. The molecule has 0 aliphatic rings. The van der Waals surface area contributed by atoms with Gasteiger partial charge in [-0.2, -0.15) is 0 Å². The highest BCUT2D eigenvalue weighted by atomic mass is 32.2. The molecule has 0 aliphatic heterocycles. The van der Waals surface area contributed by atoms with E-state index in [-0.39, 0.29) is 10.8 Å². The third-order valence-corrected chi connectivity index (χ3v) is 5.27. The summed E-state index contributed by atoms with van der Waals surface area (Å²) in [7, 11) is -2.05. The number of nitrogens with one attached hydrogen (secondary N) is 1. The maximum atomic E-state index is 12.7. The first-order valence-electron chi connectivity index (χ1n) is 8.79. The molecular formula is C20H26N2O4S. The highest BCUT2D eigenvalue weighted by Gasteiger charge is 2.18. The number of methoxy groups -OCH3 is 1. The van der Waals surface area contributed by atoms with Crippen LogP contribution in [0, 0.1) is 5.92 Å². The van der Waals surface area contributed by atoms with Crippen molar-refractivity contribution in [2.75, 3.05) is 31.5 Å². The second-order valence-corrected chi connectivity index (χ2v) is 8.32. The van der Waals surface area contributed by atoms with Crippen molar-refractivity contribution in [2.24, 2.45) is 5.92 Å². The van der Waals surface area contributed by atoms with Gasteiger partial charge in [0.15, 0.2) is 0 Å². The first kappa shape index (κ1) is 20.9. The van der Waals surface area contributed by atoms with E-state index in [1.807, 2.05) is 0 Å². The normalized spacial score (nSPS) is 11.4. The summed E-state index contributed by atoms with van der Waals surface area (Å²) in [6.07, 6.45) is 0. The lowest BCUT2D eigenvalue weighted by Crippen LogP contribution is -2.36. The molecule has 2 aromatic rings. The van der Waals surface area contributed by atoms with Gasteiger partial charge in [0.05, 0.1) is 11.5 Å². The topological polar surface area (TPSA) is 75.7 Å². The van der Waals surface area contributed by atoms with E-state index in [2.05, 4.69) is 18.6 Å². The number of hydrogen-bond acceptors (Lipinski definition) is 4. The molecule has 1 N–H and O–H groups in total. The minimum Gasteiger partial charge on any atom is -0.383 e. The fraction of sp³-hybridized carbons (Fsp3) is 0.350. The smallest absolute Gasteiger partial charge is 0.261 e. The van der Waals surface area contributed by atoms with E-state index < -0.39 is 10.0 Å². The molecule has 0 aromatic heterocycles. The van der Waals surface area contributed by atoms with Gasteiger partial charge >= 0.3 is 0 Å². The second kappa shape index (κ2) is 9.53. The number of ether oxygens (including phenoxy) is 1. The molecule has 0 radical (unpaired) electrons. The molecular weight excluding hydrogens is 364 g/mol. The SMILES string of the molecule is COCCN(CC(C)C)C(=O)c1ccc(NS(=O)(=O)c2ccccc2)cc1. The Morgan fingerprint density at radius 1 is 1.07 bits per heavy atom. The van der Waals surface area contributed by atoms with Gasteiger partial charge in [-0.1, -0.05) is 32.0 Å². The molecule has 1 amide bonds. The number of hydrogen-bond donors (Lipinski definition) is 1. The molecule has 0 bridgehead atoms. The monoisotopic (exact) mass is 390 g/mol. The van der Waals surface area contributed by atoms with Crippen molar-refractivity contribution in [3.8, 4) is 0 Å². The molecule has 0 fully saturated rings. The summed E-state index contributed by atoms with van der Waals surface area (Å²) < 4.78 is 32.3.